The van der Waals surface area contributed by atoms with Crippen molar-refractivity contribution in [1.82, 2.24) is 0 Å². The minimum Gasteiger partial charge on any atom is -0.395 e. The number of nitrogens with two attached hydrogens (primary N) is 1. The molecule has 20 heavy (non-hydrogen) atoms. The molecule has 4 nitrogen and oxygen atoms in total. The van der Waals surface area contributed by atoms with E-state index < -0.39 is 18.4 Å². The second-order valence-electron chi connectivity index (χ2n) is 4.58. The smallest absolute Gasteiger partial charge is 0.395 e. The average Bonchev–Trinajstić information content (AvgIpc) is 2.68. The Bertz CT molecular complexity index is 459. The first kappa shape index (κ1) is 16.9. The minimum absolute atomic E-state index is 0. The maximum Gasteiger partial charge on any atom is 0.586 e. The van der Waals surface area contributed by atoms with Crippen LogP contribution in [0.5, 0.6) is 11.5 Å². The van der Waals surface area contributed by atoms with Gasteiger partial charge in [0, 0.05) is 5.56 Å². The zero-order valence-corrected chi connectivity index (χ0v) is 11.8. The summed E-state index contributed by atoms with van der Waals surface area (Å²) in [5.74, 6) is -0.142. The molecule has 1 aliphatic rings. The second kappa shape index (κ2) is 6.56. The van der Waals surface area contributed by atoms with E-state index in [1.807, 2.05) is 6.92 Å². The van der Waals surface area contributed by atoms with Gasteiger partial charge in [0.15, 0.2) is 11.5 Å². The number of para-hydroxylation sites is 1. The van der Waals surface area contributed by atoms with Gasteiger partial charge in [0.05, 0.1) is 12.1 Å². The zero-order chi connectivity index (χ0) is 14.0. The van der Waals surface area contributed by atoms with Crippen molar-refractivity contribution in [2.45, 2.75) is 44.6 Å². The molecule has 0 aromatic heterocycles. The number of fused-ring (bicyclic) bond motifs is 1. The summed E-state index contributed by atoms with van der Waals surface area (Å²) in [7, 11) is 0. The highest BCUT2D eigenvalue weighted by molar-refractivity contribution is 5.85. The summed E-state index contributed by atoms with van der Waals surface area (Å²) in [6.45, 7) is 2.00. The number of alkyl halides is 2. The summed E-state index contributed by atoms with van der Waals surface area (Å²) in [5, 5.41) is 9.95. The number of rotatable bonds is 5. The third-order valence-electron chi connectivity index (χ3n) is 3.09. The molecular formula is C13H18ClF2NO3. The van der Waals surface area contributed by atoms with Gasteiger partial charge < -0.3 is 20.3 Å². The van der Waals surface area contributed by atoms with Crippen molar-refractivity contribution in [3.63, 3.8) is 0 Å². The Labute approximate surface area is 122 Å². The van der Waals surface area contributed by atoms with Crippen LogP contribution in [0, 0.1) is 0 Å². The molecule has 114 valence electrons. The van der Waals surface area contributed by atoms with Gasteiger partial charge in [-0.2, -0.15) is 0 Å². The Hall–Kier alpha value is -1.11. The Morgan fingerprint density at radius 3 is 2.70 bits per heavy atom. The van der Waals surface area contributed by atoms with Gasteiger partial charge in [-0.3, -0.25) is 0 Å². The van der Waals surface area contributed by atoms with Gasteiger partial charge in [-0.05, 0) is 12.5 Å². The maximum absolute atomic E-state index is 13.0. The third kappa shape index (κ3) is 3.50. The van der Waals surface area contributed by atoms with E-state index in [-0.39, 0.29) is 23.9 Å². The fourth-order valence-electron chi connectivity index (χ4n) is 2.05. The van der Waals surface area contributed by atoms with Crippen molar-refractivity contribution in [1.29, 1.82) is 0 Å². The van der Waals surface area contributed by atoms with E-state index in [0.717, 1.165) is 12.8 Å². The number of unbranched alkanes of at least 4 members (excludes halogenated alkanes) is 1. The molecule has 2 rings (SSSR count). The fourth-order valence-corrected chi connectivity index (χ4v) is 2.05. The quantitative estimate of drug-likeness (QED) is 0.877. The van der Waals surface area contributed by atoms with Crippen molar-refractivity contribution in [3.8, 4) is 11.5 Å². The van der Waals surface area contributed by atoms with E-state index in [0.29, 0.717) is 12.0 Å². The van der Waals surface area contributed by atoms with E-state index in [4.69, 9.17) is 5.73 Å². The molecule has 7 heteroatoms. The van der Waals surface area contributed by atoms with Crippen molar-refractivity contribution >= 4 is 12.4 Å². The highest BCUT2D eigenvalue weighted by Gasteiger charge is 2.45. The third-order valence-corrected chi connectivity index (χ3v) is 3.09. The van der Waals surface area contributed by atoms with Crippen molar-refractivity contribution in [2.24, 2.45) is 5.73 Å². The van der Waals surface area contributed by atoms with Crippen LogP contribution in [0.3, 0.4) is 0 Å². The van der Waals surface area contributed by atoms with Crippen molar-refractivity contribution in [2.75, 3.05) is 0 Å². The van der Waals surface area contributed by atoms with Crippen molar-refractivity contribution in [3.05, 3.63) is 23.8 Å². The van der Waals surface area contributed by atoms with Crippen LogP contribution < -0.4 is 15.2 Å². The molecule has 1 aliphatic heterocycles. The van der Waals surface area contributed by atoms with E-state index in [2.05, 4.69) is 9.47 Å². The molecule has 0 aliphatic carbocycles. The lowest BCUT2D eigenvalue weighted by Crippen LogP contribution is -2.28. The minimum atomic E-state index is -3.67. The zero-order valence-electron chi connectivity index (χ0n) is 11.0. The number of hydrogen-bond donors (Lipinski definition) is 2. The van der Waals surface area contributed by atoms with Gasteiger partial charge in [0.1, 0.15) is 0 Å². The van der Waals surface area contributed by atoms with Crippen LogP contribution in [0.4, 0.5) is 8.78 Å². The predicted molar refractivity (Wildman–Crippen MR) is 72.4 cm³/mol. The first-order valence-electron chi connectivity index (χ1n) is 6.27. The van der Waals surface area contributed by atoms with E-state index in [1.54, 1.807) is 12.1 Å². The van der Waals surface area contributed by atoms with E-state index >= 15 is 0 Å². The molecule has 0 spiro atoms. The van der Waals surface area contributed by atoms with Crippen molar-refractivity contribution < 1.29 is 23.4 Å². The lowest BCUT2D eigenvalue weighted by atomic mass is 9.97. The molecule has 1 aromatic rings. The van der Waals surface area contributed by atoms with Crippen LogP contribution in [-0.2, 0) is 0 Å². The molecule has 0 bridgehead atoms. The number of hydrogen-bond acceptors (Lipinski definition) is 4. The molecule has 0 radical (unpaired) electrons. The lowest BCUT2D eigenvalue weighted by Gasteiger charge is -2.20. The molecular weight excluding hydrogens is 292 g/mol. The molecule has 3 N–H and O–H groups in total. The first-order chi connectivity index (χ1) is 8.94. The number of ether oxygens (including phenoxy) is 2. The van der Waals surface area contributed by atoms with E-state index in [1.165, 1.54) is 6.07 Å². The van der Waals surface area contributed by atoms with Crippen LogP contribution in [0.15, 0.2) is 18.2 Å². The molecule has 0 saturated heterocycles. The Morgan fingerprint density at radius 1 is 1.35 bits per heavy atom. The Kier molecular flexibility index (Phi) is 5.56. The molecule has 0 saturated carbocycles. The predicted octanol–water partition coefficient (Wildman–Crippen LogP) is 2.98. The van der Waals surface area contributed by atoms with E-state index in [9.17, 15) is 13.9 Å². The topological polar surface area (TPSA) is 64.7 Å². The summed E-state index contributed by atoms with van der Waals surface area (Å²) in [4.78, 5) is 0. The SMILES string of the molecule is CCCC[C@@H](O)[C@@H](N)c1cccc2c1OC(F)(F)O2.Cl. The number of aliphatic hydroxyl groups is 1. The average molecular weight is 310 g/mol. The van der Waals surface area contributed by atoms with Crippen LogP contribution in [0.25, 0.3) is 0 Å². The first-order valence-corrected chi connectivity index (χ1v) is 6.27. The Morgan fingerprint density at radius 2 is 2.05 bits per heavy atom. The highest BCUT2D eigenvalue weighted by Crippen LogP contribution is 2.45. The van der Waals surface area contributed by atoms with Crippen LogP contribution in [0.2, 0.25) is 0 Å². The molecule has 0 amide bonds. The normalized spacial score (nSPS) is 18.2. The van der Waals surface area contributed by atoms with Gasteiger partial charge in [0.2, 0.25) is 0 Å². The molecule has 1 heterocycles. The highest BCUT2D eigenvalue weighted by atomic mass is 35.5. The van der Waals surface area contributed by atoms with Gasteiger partial charge in [0.25, 0.3) is 0 Å². The summed E-state index contributed by atoms with van der Waals surface area (Å²) >= 11 is 0. The lowest BCUT2D eigenvalue weighted by molar-refractivity contribution is -0.287. The van der Waals surface area contributed by atoms with Gasteiger partial charge in [-0.25, -0.2) is 0 Å². The van der Waals surface area contributed by atoms with Gasteiger partial charge in [-0.15, -0.1) is 21.2 Å². The standard InChI is InChI=1S/C13H17F2NO3.ClH/c1-2-3-6-9(17)11(16)8-5-4-7-10-12(8)19-13(14,15)18-10;/h4-5,7,9,11,17H,2-3,6,16H2,1H3;1H/t9-,11+;/m1./s1. The number of benzene rings is 1. The summed E-state index contributed by atoms with van der Waals surface area (Å²) in [6.07, 6.45) is -2.22. The number of halogens is 3. The molecule has 0 unspecified atom stereocenters. The van der Waals surface area contributed by atoms with Gasteiger partial charge in [-0.1, -0.05) is 31.9 Å². The van der Waals surface area contributed by atoms with Crippen LogP contribution in [0.1, 0.15) is 37.8 Å². The summed E-state index contributed by atoms with van der Waals surface area (Å²) in [5.41, 5.74) is 6.24. The van der Waals surface area contributed by atoms with Crippen LogP contribution >= 0.6 is 12.4 Å². The summed E-state index contributed by atoms with van der Waals surface area (Å²) in [6, 6.07) is 3.71. The van der Waals surface area contributed by atoms with Gasteiger partial charge >= 0.3 is 6.29 Å². The fraction of sp³-hybridized carbons (Fsp3) is 0.538. The second-order valence-corrected chi connectivity index (χ2v) is 4.58. The van der Waals surface area contributed by atoms with Crippen LogP contribution in [-0.4, -0.2) is 17.5 Å². The molecule has 2 atom stereocenters. The number of aliphatic hydroxyl groups excluding tert-OH is 1. The largest absolute Gasteiger partial charge is 0.586 e. The Balaban J connectivity index is 0.00000200. The molecule has 0 fully saturated rings. The monoisotopic (exact) mass is 309 g/mol. The maximum atomic E-state index is 13.0. The molecule has 1 aromatic carbocycles. The summed E-state index contributed by atoms with van der Waals surface area (Å²) < 4.78 is 34.9.